The van der Waals surface area contributed by atoms with Gasteiger partial charge in [-0.25, -0.2) is 4.98 Å². The Kier molecular flexibility index (Phi) is 6.00. The Morgan fingerprint density at radius 1 is 1.06 bits per heavy atom. The number of amides is 1. The average Bonchev–Trinajstić information content (AvgIpc) is 3.14. The number of hydrogen-bond donors (Lipinski definition) is 1. The largest absolute Gasteiger partial charge is 0.451 e. The van der Waals surface area contributed by atoms with E-state index in [1.54, 1.807) is 30.5 Å². The Labute approximate surface area is 180 Å². The van der Waals surface area contributed by atoms with Crippen molar-refractivity contribution in [2.24, 2.45) is 0 Å². The number of ether oxygens (including phenoxy) is 2. The predicted molar refractivity (Wildman–Crippen MR) is 120 cm³/mol. The molecule has 0 fully saturated rings. The molecule has 4 aromatic rings. The van der Waals surface area contributed by atoms with Crippen LogP contribution in [-0.2, 0) is 11.3 Å². The van der Waals surface area contributed by atoms with E-state index >= 15 is 0 Å². The quantitative estimate of drug-likeness (QED) is 0.394. The summed E-state index contributed by atoms with van der Waals surface area (Å²) in [5.41, 5.74) is 3.09. The highest BCUT2D eigenvalue weighted by Gasteiger charge is 2.21. The van der Waals surface area contributed by atoms with Gasteiger partial charge in [-0.05, 0) is 56.7 Å². The van der Waals surface area contributed by atoms with Crippen LogP contribution in [0.4, 0.5) is 5.69 Å². The maximum Gasteiger partial charge on any atom is 0.291 e. The third-order valence-electron chi connectivity index (χ3n) is 4.68. The lowest BCUT2D eigenvalue weighted by Crippen LogP contribution is -2.14. The molecule has 2 heterocycles. The number of benzene rings is 2. The van der Waals surface area contributed by atoms with E-state index in [4.69, 9.17) is 13.9 Å². The fraction of sp³-hybridized carbons (Fsp3) is 0.200. The van der Waals surface area contributed by atoms with Gasteiger partial charge in [0.2, 0.25) is 5.88 Å². The number of furan rings is 1. The third kappa shape index (κ3) is 4.92. The van der Waals surface area contributed by atoms with Crippen molar-refractivity contribution >= 4 is 22.6 Å². The van der Waals surface area contributed by atoms with Crippen LogP contribution in [0, 0.1) is 6.92 Å². The van der Waals surface area contributed by atoms with Crippen LogP contribution >= 0.6 is 0 Å². The van der Waals surface area contributed by atoms with E-state index in [0.29, 0.717) is 29.5 Å². The van der Waals surface area contributed by atoms with Gasteiger partial charge in [0.1, 0.15) is 11.3 Å². The first-order chi connectivity index (χ1) is 15.0. The molecule has 0 spiro atoms. The topological polar surface area (TPSA) is 73.6 Å². The number of anilines is 1. The number of hydrogen-bond acceptors (Lipinski definition) is 5. The molecule has 0 saturated carbocycles. The molecule has 0 aliphatic carbocycles. The number of aryl methyl sites for hydroxylation is 1. The molecule has 2 aromatic heterocycles. The van der Waals surface area contributed by atoms with Crippen LogP contribution in [0.3, 0.4) is 0 Å². The van der Waals surface area contributed by atoms with Crippen LogP contribution in [0.15, 0.2) is 71.3 Å². The van der Waals surface area contributed by atoms with Gasteiger partial charge in [-0.3, -0.25) is 4.79 Å². The number of rotatable bonds is 7. The second-order valence-corrected chi connectivity index (χ2v) is 7.52. The lowest BCUT2D eigenvalue weighted by atomic mass is 10.1. The zero-order valence-corrected chi connectivity index (χ0v) is 17.7. The van der Waals surface area contributed by atoms with Crippen LogP contribution in [0.25, 0.3) is 11.0 Å². The Morgan fingerprint density at radius 2 is 1.84 bits per heavy atom. The smallest absolute Gasteiger partial charge is 0.291 e. The summed E-state index contributed by atoms with van der Waals surface area (Å²) in [5, 5.41) is 3.76. The molecule has 0 bridgehead atoms. The number of pyridine rings is 1. The maximum absolute atomic E-state index is 13.0. The number of carbonyl (C=O) groups excluding carboxylic acids is 1. The van der Waals surface area contributed by atoms with Crippen molar-refractivity contribution in [3.8, 4) is 11.6 Å². The Hall–Kier alpha value is -3.64. The first kappa shape index (κ1) is 20.6. The van der Waals surface area contributed by atoms with Crippen LogP contribution in [0.2, 0.25) is 0 Å². The molecule has 0 aliphatic heterocycles. The summed E-state index contributed by atoms with van der Waals surface area (Å²) in [6.45, 7) is 6.18. The van der Waals surface area contributed by atoms with Crippen LogP contribution in [0.5, 0.6) is 11.6 Å². The second-order valence-electron chi connectivity index (χ2n) is 7.52. The van der Waals surface area contributed by atoms with Gasteiger partial charge in [0, 0.05) is 28.9 Å². The van der Waals surface area contributed by atoms with Crippen molar-refractivity contribution in [1.29, 1.82) is 0 Å². The predicted octanol–water partition coefficient (Wildman–Crippen LogP) is 6.11. The molecule has 0 saturated heterocycles. The second kappa shape index (κ2) is 9.02. The summed E-state index contributed by atoms with van der Waals surface area (Å²) < 4.78 is 17.3. The molecule has 0 aliphatic rings. The van der Waals surface area contributed by atoms with E-state index < -0.39 is 0 Å². The minimum absolute atomic E-state index is 0.0418. The number of para-hydroxylation sites is 1. The molecule has 0 atom stereocenters. The fourth-order valence-corrected chi connectivity index (χ4v) is 3.11. The number of aromatic nitrogens is 1. The lowest BCUT2D eigenvalue weighted by molar-refractivity contribution is 0.0648. The first-order valence-electron chi connectivity index (χ1n) is 10.1. The zero-order valence-electron chi connectivity index (χ0n) is 17.7. The van der Waals surface area contributed by atoms with Gasteiger partial charge in [0.05, 0.1) is 12.7 Å². The molecule has 6 nitrogen and oxygen atoms in total. The third-order valence-corrected chi connectivity index (χ3v) is 4.68. The number of carbonyl (C=O) groups is 1. The van der Waals surface area contributed by atoms with Gasteiger partial charge >= 0.3 is 0 Å². The molecule has 31 heavy (non-hydrogen) atoms. The zero-order chi connectivity index (χ0) is 21.8. The summed E-state index contributed by atoms with van der Waals surface area (Å²) in [6.07, 6.45) is 1.79. The summed E-state index contributed by atoms with van der Waals surface area (Å²) in [4.78, 5) is 17.2. The van der Waals surface area contributed by atoms with E-state index in [1.165, 1.54) is 0 Å². The normalized spacial score (nSPS) is 11.1. The summed E-state index contributed by atoms with van der Waals surface area (Å²) >= 11 is 0. The molecule has 4 rings (SSSR count). The van der Waals surface area contributed by atoms with Crippen molar-refractivity contribution in [1.82, 2.24) is 4.98 Å². The van der Waals surface area contributed by atoms with Gasteiger partial charge < -0.3 is 19.2 Å². The Morgan fingerprint density at radius 3 is 2.55 bits per heavy atom. The lowest BCUT2D eigenvalue weighted by Gasteiger charge is -2.09. The number of nitrogens with one attached hydrogen (secondary N) is 1. The van der Waals surface area contributed by atoms with Gasteiger partial charge in [-0.1, -0.05) is 24.3 Å². The molecule has 0 radical (unpaired) electrons. The summed E-state index contributed by atoms with van der Waals surface area (Å²) in [6, 6.07) is 18.4. The van der Waals surface area contributed by atoms with E-state index in [1.807, 2.05) is 57.2 Å². The molecule has 6 heteroatoms. The van der Waals surface area contributed by atoms with Crippen molar-refractivity contribution < 1.29 is 18.7 Å². The van der Waals surface area contributed by atoms with Gasteiger partial charge in [-0.2, -0.15) is 0 Å². The molecule has 0 unspecified atom stereocenters. The van der Waals surface area contributed by atoms with Gasteiger partial charge in [0.25, 0.3) is 5.91 Å². The van der Waals surface area contributed by atoms with Crippen molar-refractivity contribution in [2.45, 2.75) is 33.5 Å². The summed E-state index contributed by atoms with van der Waals surface area (Å²) in [5.74, 6) is 1.07. The van der Waals surface area contributed by atoms with Crippen molar-refractivity contribution in [2.75, 3.05) is 5.32 Å². The van der Waals surface area contributed by atoms with E-state index in [9.17, 15) is 4.79 Å². The standard InChI is InChI=1S/C25H24N2O4/c1-16(2)29-15-21-20-6-4-5-7-22(20)31-24(21)25(28)27-18-9-11-19(12-10-18)30-23-13-8-17(3)14-26-23/h4-14,16H,15H2,1-3H3,(H,27,28). The highest BCUT2D eigenvalue weighted by atomic mass is 16.5. The average molecular weight is 416 g/mol. The molecule has 1 amide bonds. The SMILES string of the molecule is Cc1ccc(Oc2ccc(NC(=O)c3oc4ccccc4c3COC(C)C)cc2)nc1. The van der Waals surface area contributed by atoms with E-state index in [0.717, 1.165) is 16.5 Å². The number of fused-ring (bicyclic) bond motifs is 1. The molecule has 2 aromatic carbocycles. The van der Waals surface area contributed by atoms with Crippen LogP contribution in [-0.4, -0.2) is 17.0 Å². The highest BCUT2D eigenvalue weighted by Crippen LogP contribution is 2.28. The van der Waals surface area contributed by atoms with E-state index in [2.05, 4.69) is 10.3 Å². The van der Waals surface area contributed by atoms with E-state index in [-0.39, 0.29) is 17.8 Å². The van der Waals surface area contributed by atoms with Crippen molar-refractivity contribution in [3.05, 3.63) is 83.7 Å². The highest BCUT2D eigenvalue weighted by molar-refractivity contribution is 6.06. The Balaban J connectivity index is 1.50. The molecular weight excluding hydrogens is 392 g/mol. The summed E-state index contributed by atoms with van der Waals surface area (Å²) in [7, 11) is 0. The minimum Gasteiger partial charge on any atom is -0.451 e. The first-order valence-corrected chi connectivity index (χ1v) is 10.1. The monoisotopic (exact) mass is 416 g/mol. The van der Waals surface area contributed by atoms with Gasteiger partial charge in [0.15, 0.2) is 5.76 Å². The number of nitrogens with zero attached hydrogens (tertiary/aromatic N) is 1. The molecule has 158 valence electrons. The molecular formula is C25H24N2O4. The molecule has 1 N–H and O–H groups in total. The maximum atomic E-state index is 13.0. The van der Waals surface area contributed by atoms with Crippen LogP contribution in [0.1, 0.15) is 35.5 Å². The minimum atomic E-state index is -0.326. The van der Waals surface area contributed by atoms with Gasteiger partial charge in [-0.15, -0.1) is 0 Å². The Bertz CT molecular complexity index is 1180. The van der Waals surface area contributed by atoms with Crippen LogP contribution < -0.4 is 10.1 Å². The van der Waals surface area contributed by atoms with Crippen molar-refractivity contribution in [3.63, 3.8) is 0 Å². The fourth-order valence-electron chi connectivity index (χ4n) is 3.11.